The van der Waals surface area contributed by atoms with Crippen molar-refractivity contribution in [1.29, 1.82) is 0 Å². The topological polar surface area (TPSA) is 104 Å². The fourth-order valence-electron chi connectivity index (χ4n) is 3.39. The molecule has 0 fully saturated rings. The molecular formula is C26H30N4O4. The molecule has 0 aliphatic carbocycles. The van der Waals surface area contributed by atoms with Crippen molar-refractivity contribution in [2.75, 3.05) is 30.9 Å². The Balaban J connectivity index is 1.70. The van der Waals surface area contributed by atoms with Crippen LogP contribution in [0.25, 0.3) is 10.8 Å². The minimum atomic E-state index is -0.421. The molecule has 0 saturated carbocycles. The first-order valence-electron chi connectivity index (χ1n) is 11.1. The average Bonchev–Trinajstić information content (AvgIpc) is 2.85. The van der Waals surface area contributed by atoms with E-state index >= 15 is 0 Å². The third-order valence-electron chi connectivity index (χ3n) is 5.26. The van der Waals surface area contributed by atoms with Crippen LogP contribution in [0, 0.1) is 0 Å². The highest BCUT2D eigenvalue weighted by molar-refractivity contribution is 6.04. The first-order chi connectivity index (χ1) is 16.5. The van der Waals surface area contributed by atoms with Gasteiger partial charge in [-0.1, -0.05) is 42.5 Å². The lowest BCUT2D eigenvalue weighted by Crippen LogP contribution is -2.20. The highest BCUT2D eigenvalue weighted by Gasteiger charge is 2.13. The number of fused-ring (bicyclic) bond motifs is 1. The zero-order valence-electron chi connectivity index (χ0n) is 19.5. The summed E-state index contributed by atoms with van der Waals surface area (Å²) in [6.45, 7) is 0.0974. The average molecular weight is 463 g/mol. The zero-order valence-corrected chi connectivity index (χ0v) is 19.5. The van der Waals surface area contributed by atoms with E-state index in [1.807, 2.05) is 73.6 Å². The van der Waals surface area contributed by atoms with Gasteiger partial charge in [0.1, 0.15) is 18.2 Å². The summed E-state index contributed by atoms with van der Waals surface area (Å²) in [5, 5.41) is 13.5. The number of pyridine rings is 1. The van der Waals surface area contributed by atoms with Gasteiger partial charge in [0.25, 0.3) is 5.91 Å². The SMILES string of the molecule is CN(C)c1ccc(NC(=O)/C(=C/CCCCC(=O)NO)COc2cccc3ccccc23)cn1. The van der Waals surface area contributed by atoms with Gasteiger partial charge in [0.2, 0.25) is 5.91 Å². The number of nitrogens with one attached hydrogen (secondary N) is 2. The molecule has 0 aliphatic rings. The van der Waals surface area contributed by atoms with Crippen LogP contribution < -0.4 is 20.4 Å². The number of ether oxygens (including phenoxy) is 1. The minimum Gasteiger partial charge on any atom is -0.488 e. The molecule has 3 N–H and O–H groups in total. The molecule has 0 unspecified atom stereocenters. The first-order valence-corrected chi connectivity index (χ1v) is 11.1. The highest BCUT2D eigenvalue weighted by atomic mass is 16.5. The molecule has 1 aromatic heterocycles. The Kier molecular flexibility index (Phi) is 8.99. The molecule has 2 aromatic carbocycles. The highest BCUT2D eigenvalue weighted by Crippen LogP contribution is 2.25. The molecule has 8 heteroatoms. The largest absolute Gasteiger partial charge is 0.488 e. The summed E-state index contributed by atoms with van der Waals surface area (Å²) >= 11 is 0. The van der Waals surface area contributed by atoms with Gasteiger partial charge in [-0.15, -0.1) is 0 Å². The Labute approximate surface area is 199 Å². The molecule has 0 atom stereocenters. The van der Waals surface area contributed by atoms with Crippen molar-refractivity contribution >= 4 is 34.1 Å². The number of carbonyl (C=O) groups excluding carboxylic acids is 2. The summed E-state index contributed by atoms with van der Waals surface area (Å²) in [7, 11) is 3.80. The second-order valence-electron chi connectivity index (χ2n) is 8.03. The normalized spacial score (nSPS) is 11.2. The number of hydrogen-bond donors (Lipinski definition) is 3. The van der Waals surface area contributed by atoms with Crippen molar-refractivity contribution in [2.45, 2.75) is 25.7 Å². The van der Waals surface area contributed by atoms with Crippen LogP contribution in [0.15, 0.2) is 72.4 Å². The van der Waals surface area contributed by atoms with Crippen LogP contribution in [0.1, 0.15) is 25.7 Å². The van der Waals surface area contributed by atoms with Crippen LogP contribution in [0.3, 0.4) is 0 Å². The number of hydrogen-bond acceptors (Lipinski definition) is 6. The van der Waals surface area contributed by atoms with E-state index in [1.165, 1.54) is 0 Å². The van der Waals surface area contributed by atoms with E-state index in [-0.39, 0.29) is 18.9 Å². The number of allylic oxidation sites excluding steroid dienone is 1. The molecule has 0 spiro atoms. The lowest BCUT2D eigenvalue weighted by Gasteiger charge is -2.14. The van der Waals surface area contributed by atoms with Gasteiger partial charge in [0.15, 0.2) is 0 Å². The summed E-state index contributed by atoms with van der Waals surface area (Å²) in [6, 6.07) is 17.4. The van der Waals surface area contributed by atoms with Gasteiger partial charge in [-0.2, -0.15) is 0 Å². The van der Waals surface area contributed by atoms with Gasteiger partial charge < -0.3 is 15.0 Å². The van der Waals surface area contributed by atoms with Crippen molar-refractivity contribution in [2.24, 2.45) is 0 Å². The third kappa shape index (κ3) is 7.05. The Morgan fingerprint density at radius 3 is 2.59 bits per heavy atom. The molecular weight excluding hydrogens is 432 g/mol. The van der Waals surface area contributed by atoms with E-state index in [1.54, 1.807) is 17.7 Å². The van der Waals surface area contributed by atoms with Crippen molar-refractivity contribution in [1.82, 2.24) is 10.5 Å². The predicted octanol–water partition coefficient (Wildman–Crippen LogP) is 4.31. The fourth-order valence-corrected chi connectivity index (χ4v) is 3.39. The number of nitrogens with zero attached hydrogens (tertiary/aromatic N) is 2. The minimum absolute atomic E-state index is 0.0974. The van der Waals surface area contributed by atoms with Gasteiger partial charge in [0, 0.05) is 25.9 Å². The first kappa shape index (κ1) is 24.7. The number of amides is 2. The van der Waals surface area contributed by atoms with Crippen molar-refractivity contribution in [3.63, 3.8) is 0 Å². The van der Waals surface area contributed by atoms with Crippen LogP contribution >= 0.6 is 0 Å². The number of hydroxylamine groups is 1. The van der Waals surface area contributed by atoms with Crippen LogP contribution in [-0.2, 0) is 9.59 Å². The summed E-state index contributed by atoms with van der Waals surface area (Å²) in [5.74, 6) is 0.802. The molecule has 0 saturated heterocycles. The second kappa shape index (κ2) is 12.4. The maximum atomic E-state index is 13.0. The molecule has 34 heavy (non-hydrogen) atoms. The maximum Gasteiger partial charge on any atom is 0.254 e. The van der Waals surface area contributed by atoms with Gasteiger partial charge >= 0.3 is 0 Å². The number of unbranched alkanes of at least 4 members (excludes halogenated alkanes) is 2. The molecule has 0 radical (unpaired) electrons. The smallest absolute Gasteiger partial charge is 0.254 e. The molecule has 3 rings (SSSR count). The van der Waals surface area contributed by atoms with E-state index in [0.29, 0.717) is 36.3 Å². The van der Waals surface area contributed by atoms with Crippen LogP contribution in [-0.4, -0.2) is 42.7 Å². The monoisotopic (exact) mass is 462 g/mol. The van der Waals surface area contributed by atoms with E-state index in [0.717, 1.165) is 16.6 Å². The summed E-state index contributed by atoms with van der Waals surface area (Å²) in [4.78, 5) is 30.4. The lowest BCUT2D eigenvalue weighted by molar-refractivity contribution is -0.129. The fraction of sp³-hybridized carbons (Fsp3) is 0.269. The molecule has 178 valence electrons. The van der Waals surface area contributed by atoms with E-state index in [2.05, 4.69) is 10.3 Å². The Hall–Kier alpha value is -3.91. The number of anilines is 2. The van der Waals surface area contributed by atoms with Crippen LogP contribution in [0.5, 0.6) is 5.75 Å². The van der Waals surface area contributed by atoms with Gasteiger partial charge in [-0.25, -0.2) is 10.5 Å². The molecule has 1 heterocycles. The maximum absolute atomic E-state index is 13.0. The predicted molar refractivity (Wildman–Crippen MR) is 133 cm³/mol. The quantitative estimate of drug-likeness (QED) is 0.170. The second-order valence-corrected chi connectivity index (χ2v) is 8.03. The molecule has 0 bridgehead atoms. The number of benzene rings is 2. The van der Waals surface area contributed by atoms with Crippen LogP contribution in [0.2, 0.25) is 0 Å². The van der Waals surface area contributed by atoms with E-state index in [9.17, 15) is 9.59 Å². The zero-order chi connectivity index (χ0) is 24.3. The van der Waals surface area contributed by atoms with Crippen molar-refractivity contribution < 1.29 is 19.5 Å². The number of aromatic nitrogens is 1. The summed E-state index contributed by atoms with van der Waals surface area (Å²) in [6.07, 6.45) is 5.55. The summed E-state index contributed by atoms with van der Waals surface area (Å²) < 4.78 is 6.05. The molecule has 3 aromatic rings. The van der Waals surface area contributed by atoms with E-state index in [4.69, 9.17) is 9.94 Å². The van der Waals surface area contributed by atoms with Gasteiger partial charge in [-0.05, 0) is 42.8 Å². The third-order valence-corrected chi connectivity index (χ3v) is 5.26. The lowest BCUT2D eigenvalue weighted by atomic mass is 10.1. The van der Waals surface area contributed by atoms with Gasteiger partial charge in [0.05, 0.1) is 17.5 Å². The Bertz CT molecular complexity index is 1140. The summed E-state index contributed by atoms with van der Waals surface area (Å²) in [5.41, 5.74) is 2.70. The molecule has 0 aliphatic heterocycles. The van der Waals surface area contributed by atoms with Gasteiger partial charge in [-0.3, -0.25) is 14.8 Å². The van der Waals surface area contributed by atoms with Crippen molar-refractivity contribution in [3.8, 4) is 5.75 Å². The Morgan fingerprint density at radius 2 is 1.85 bits per heavy atom. The molecule has 8 nitrogen and oxygen atoms in total. The number of rotatable bonds is 11. The van der Waals surface area contributed by atoms with Crippen LogP contribution in [0.4, 0.5) is 11.5 Å². The van der Waals surface area contributed by atoms with E-state index < -0.39 is 5.91 Å². The van der Waals surface area contributed by atoms with Crippen molar-refractivity contribution in [3.05, 3.63) is 72.4 Å². The Morgan fingerprint density at radius 1 is 1.06 bits per heavy atom. The number of carbonyl (C=O) groups is 2. The molecule has 2 amide bonds. The standard InChI is InChI=1S/C26H30N4O4/c1-30(2)24-16-15-21(17-27-24)28-26(32)20(10-4-3-5-14-25(31)29-33)18-34-23-13-8-11-19-9-6-7-12-22(19)23/h6-13,15-17,33H,3-5,14,18H2,1-2H3,(H,28,32)(H,29,31)/b20-10+.